The standard InChI is InChI=1S/C16H27N/c1-5-14(6-2)17(15(7-3)8-4)16-12-10-9-11-13-16/h9-15H,5-8H2,1-4H3. The molecule has 17 heavy (non-hydrogen) atoms. The van der Waals surface area contributed by atoms with Crippen LogP contribution in [0.3, 0.4) is 0 Å². The van der Waals surface area contributed by atoms with E-state index in [-0.39, 0.29) is 0 Å². The molecule has 0 bridgehead atoms. The Morgan fingerprint density at radius 1 is 0.765 bits per heavy atom. The number of benzene rings is 1. The van der Waals surface area contributed by atoms with Crippen LogP contribution >= 0.6 is 0 Å². The molecule has 0 atom stereocenters. The van der Waals surface area contributed by atoms with Gasteiger partial charge in [-0.2, -0.15) is 0 Å². The van der Waals surface area contributed by atoms with Crippen molar-refractivity contribution in [2.75, 3.05) is 4.90 Å². The first-order valence-corrected chi connectivity index (χ1v) is 7.11. The molecule has 1 aromatic rings. The van der Waals surface area contributed by atoms with Gasteiger partial charge in [0.1, 0.15) is 0 Å². The van der Waals surface area contributed by atoms with Crippen molar-refractivity contribution in [3.8, 4) is 0 Å². The zero-order chi connectivity index (χ0) is 12.7. The van der Waals surface area contributed by atoms with Gasteiger partial charge in [-0.25, -0.2) is 0 Å². The highest BCUT2D eigenvalue weighted by Crippen LogP contribution is 2.25. The highest BCUT2D eigenvalue weighted by molar-refractivity contribution is 5.48. The van der Waals surface area contributed by atoms with Crippen LogP contribution in [-0.4, -0.2) is 12.1 Å². The molecule has 0 N–H and O–H groups in total. The van der Waals surface area contributed by atoms with Gasteiger partial charge in [0.25, 0.3) is 0 Å². The Morgan fingerprint density at radius 3 is 1.53 bits per heavy atom. The maximum atomic E-state index is 2.64. The molecule has 0 aliphatic rings. The third kappa shape index (κ3) is 3.49. The fraction of sp³-hybridized carbons (Fsp3) is 0.625. The van der Waals surface area contributed by atoms with Crippen LogP contribution in [0.25, 0.3) is 0 Å². The molecular weight excluding hydrogens is 206 g/mol. The minimum atomic E-state index is 0.669. The summed E-state index contributed by atoms with van der Waals surface area (Å²) < 4.78 is 0. The summed E-state index contributed by atoms with van der Waals surface area (Å²) in [5.41, 5.74) is 1.38. The van der Waals surface area contributed by atoms with Gasteiger partial charge in [0, 0.05) is 17.8 Å². The van der Waals surface area contributed by atoms with Gasteiger partial charge in [-0.1, -0.05) is 45.9 Å². The van der Waals surface area contributed by atoms with Crippen LogP contribution in [0.4, 0.5) is 5.69 Å². The summed E-state index contributed by atoms with van der Waals surface area (Å²) in [6.45, 7) is 9.19. The Hall–Kier alpha value is -0.980. The monoisotopic (exact) mass is 233 g/mol. The Balaban J connectivity index is 3.01. The zero-order valence-corrected chi connectivity index (χ0v) is 11.8. The Morgan fingerprint density at radius 2 is 1.18 bits per heavy atom. The summed E-state index contributed by atoms with van der Waals surface area (Å²) in [7, 11) is 0. The Kier molecular flexibility index (Phi) is 6.10. The lowest BCUT2D eigenvalue weighted by Crippen LogP contribution is -2.42. The normalized spacial score (nSPS) is 11.2. The molecule has 0 radical (unpaired) electrons. The second-order valence-corrected chi connectivity index (χ2v) is 4.68. The van der Waals surface area contributed by atoms with E-state index < -0.39 is 0 Å². The van der Waals surface area contributed by atoms with E-state index in [4.69, 9.17) is 0 Å². The molecule has 1 nitrogen and oxygen atoms in total. The van der Waals surface area contributed by atoms with Gasteiger partial charge in [0.15, 0.2) is 0 Å². The highest BCUT2D eigenvalue weighted by atomic mass is 15.2. The first-order valence-electron chi connectivity index (χ1n) is 7.11. The van der Waals surface area contributed by atoms with Gasteiger partial charge in [-0.15, -0.1) is 0 Å². The van der Waals surface area contributed by atoms with Gasteiger partial charge >= 0.3 is 0 Å². The van der Waals surface area contributed by atoms with E-state index in [1.807, 2.05) is 0 Å². The minimum Gasteiger partial charge on any atom is -0.366 e. The van der Waals surface area contributed by atoms with Crippen molar-refractivity contribution in [2.24, 2.45) is 0 Å². The lowest BCUT2D eigenvalue weighted by Gasteiger charge is -2.39. The predicted molar refractivity (Wildman–Crippen MR) is 77.7 cm³/mol. The third-order valence-corrected chi connectivity index (χ3v) is 3.73. The quantitative estimate of drug-likeness (QED) is 0.649. The van der Waals surface area contributed by atoms with Crippen molar-refractivity contribution in [1.29, 1.82) is 0 Å². The van der Waals surface area contributed by atoms with Gasteiger partial charge in [-0.3, -0.25) is 0 Å². The molecule has 0 amide bonds. The molecule has 0 aliphatic carbocycles. The zero-order valence-electron chi connectivity index (χ0n) is 11.8. The molecule has 0 spiro atoms. The number of nitrogens with zero attached hydrogens (tertiary/aromatic N) is 1. The van der Waals surface area contributed by atoms with Crippen LogP contribution in [-0.2, 0) is 0 Å². The number of hydrogen-bond donors (Lipinski definition) is 0. The largest absolute Gasteiger partial charge is 0.366 e. The topological polar surface area (TPSA) is 3.24 Å². The first-order chi connectivity index (χ1) is 8.28. The Bertz CT molecular complexity index is 274. The fourth-order valence-electron chi connectivity index (χ4n) is 2.68. The molecule has 0 saturated carbocycles. The van der Waals surface area contributed by atoms with Crippen LogP contribution in [0.1, 0.15) is 53.4 Å². The molecule has 0 unspecified atom stereocenters. The van der Waals surface area contributed by atoms with Gasteiger partial charge < -0.3 is 4.90 Å². The summed E-state index contributed by atoms with van der Waals surface area (Å²) in [6.07, 6.45) is 4.90. The minimum absolute atomic E-state index is 0.669. The van der Waals surface area contributed by atoms with E-state index in [0.29, 0.717) is 12.1 Å². The average Bonchev–Trinajstić information content (AvgIpc) is 2.40. The molecule has 1 aromatic carbocycles. The molecule has 96 valence electrons. The lowest BCUT2D eigenvalue weighted by molar-refractivity contribution is 0.462. The number of hydrogen-bond acceptors (Lipinski definition) is 1. The third-order valence-electron chi connectivity index (χ3n) is 3.73. The smallest absolute Gasteiger partial charge is 0.0371 e. The molecule has 0 saturated heterocycles. The van der Waals surface area contributed by atoms with E-state index in [2.05, 4.69) is 62.9 Å². The summed E-state index contributed by atoms with van der Waals surface area (Å²) in [5, 5.41) is 0. The number of para-hydroxylation sites is 1. The van der Waals surface area contributed by atoms with Crippen LogP contribution in [0.2, 0.25) is 0 Å². The van der Waals surface area contributed by atoms with E-state index in [0.717, 1.165) is 0 Å². The van der Waals surface area contributed by atoms with E-state index in [1.165, 1.54) is 31.4 Å². The van der Waals surface area contributed by atoms with Crippen LogP contribution in [0.15, 0.2) is 30.3 Å². The van der Waals surface area contributed by atoms with Crippen molar-refractivity contribution in [3.63, 3.8) is 0 Å². The predicted octanol–water partition coefficient (Wildman–Crippen LogP) is 4.87. The summed E-state index contributed by atoms with van der Waals surface area (Å²) >= 11 is 0. The van der Waals surface area contributed by atoms with Crippen LogP contribution < -0.4 is 4.90 Å². The van der Waals surface area contributed by atoms with E-state index >= 15 is 0 Å². The molecule has 1 heteroatoms. The molecule has 0 heterocycles. The van der Waals surface area contributed by atoms with Crippen molar-refractivity contribution < 1.29 is 0 Å². The average molecular weight is 233 g/mol. The van der Waals surface area contributed by atoms with Gasteiger partial charge in [0.2, 0.25) is 0 Å². The van der Waals surface area contributed by atoms with Gasteiger partial charge in [0.05, 0.1) is 0 Å². The summed E-state index contributed by atoms with van der Waals surface area (Å²) in [5.74, 6) is 0. The van der Waals surface area contributed by atoms with Crippen molar-refractivity contribution in [3.05, 3.63) is 30.3 Å². The highest BCUT2D eigenvalue weighted by Gasteiger charge is 2.21. The molecule has 0 aromatic heterocycles. The van der Waals surface area contributed by atoms with Crippen LogP contribution in [0, 0.1) is 0 Å². The molecule has 0 fully saturated rings. The molecular formula is C16H27N. The molecule has 0 aliphatic heterocycles. The Labute approximate surface area is 107 Å². The van der Waals surface area contributed by atoms with Crippen molar-refractivity contribution >= 4 is 5.69 Å². The van der Waals surface area contributed by atoms with Crippen molar-refractivity contribution in [1.82, 2.24) is 0 Å². The fourth-order valence-corrected chi connectivity index (χ4v) is 2.68. The maximum Gasteiger partial charge on any atom is 0.0371 e. The lowest BCUT2D eigenvalue weighted by atomic mass is 10.0. The second kappa shape index (κ2) is 7.37. The summed E-state index contributed by atoms with van der Waals surface area (Å²) in [6, 6.07) is 12.2. The maximum absolute atomic E-state index is 2.64. The second-order valence-electron chi connectivity index (χ2n) is 4.68. The number of rotatable bonds is 7. The first kappa shape index (κ1) is 14.1. The van der Waals surface area contributed by atoms with E-state index in [1.54, 1.807) is 0 Å². The van der Waals surface area contributed by atoms with Crippen molar-refractivity contribution in [2.45, 2.75) is 65.5 Å². The van der Waals surface area contributed by atoms with Gasteiger partial charge in [-0.05, 0) is 37.8 Å². The molecule has 1 rings (SSSR count). The SMILES string of the molecule is CCC(CC)N(c1ccccc1)C(CC)CC. The van der Waals surface area contributed by atoms with Crippen LogP contribution in [0.5, 0.6) is 0 Å². The summed E-state index contributed by atoms with van der Waals surface area (Å²) in [4.78, 5) is 2.64. The number of anilines is 1. The van der Waals surface area contributed by atoms with E-state index in [9.17, 15) is 0 Å².